The lowest BCUT2D eigenvalue weighted by atomic mass is 10.2. The molecule has 0 rings (SSSR count). The Kier molecular flexibility index (Phi) is 4.22. The van der Waals surface area contributed by atoms with E-state index >= 15 is 0 Å². The van der Waals surface area contributed by atoms with E-state index in [-0.39, 0.29) is 0 Å². The molecule has 0 aromatic heterocycles. The molecule has 0 heterocycles. The monoisotopic (exact) mass is 165 g/mol. The summed E-state index contributed by atoms with van der Waals surface area (Å²) in [5.74, 6) is -0.960. The van der Waals surface area contributed by atoms with Crippen molar-refractivity contribution in [3.8, 4) is 0 Å². The average molecular weight is 165 g/mol. The third kappa shape index (κ3) is 3.58. The molecule has 0 aromatic rings. The van der Waals surface area contributed by atoms with Gasteiger partial charge in [0.1, 0.15) is 6.04 Å². The molecular weight excluding hydrogens is 154 g/mol. The highest BCUT2D eigenvalue weighted by Crippen LogP contribution is 1.90. The largest absolute Gasteiger partial charge is 0.480 e. The maximum atomic E-state index is 10.5. The SMILES string of the molecule is CC[C@@H](NS(C)=O)C(=O)O. The van der Waals surface area contributed by atoms with E-state index in [1.807, 2.05) is 0 Å². The third-order valence-corrected chi connectivity index (χ3v) is 1.63. The molecule has 0 aliphatic carbocycles. The molecule has 0 aromatic carbocycles. The number of aliphatic carboxylic acids is 1. The molecule has 0 bridgehead atoms. The summed E-state index contributed by atoms with van der Waals surface area (Å²) in [6.07, 6.45) is 1.85. The quantitative estimate of drug-likeness (QED) is 0.602. The zero-order valence-electron chi connectivity index (χ0n) is 5.96. The first-order valence-electron chi connectivity index (χ1n) is 2.90. The summed E-state index contributed by atoms with van der Waals surface area (Å²) in [6, 6.07) is -0.689. The van der Waals surface area contributed by atoms with Crippen LogP contribution in [-0.4, -0.2) is 27.6 Å². The van der Waals surface area contributed by atoms with Crippen LogP contribution in [0.2, 0.25) is 0 Å². The summed E-state index contributed by atoms with van der Waals surface area (Å²) in [5.41, 5.74) is 0. The number of rotatable bonds is 4. The van der Waals surface area contributed by atoms with Gasteiger partial charge in [0.05, 0.1) is 11.0 Å². The maximum absolute atomic E-state index is 10.5. The molecule has 0 saturated heterocycles. The van der Waals surface area contributed by atoms with Crippen molar-refractivity contribution >= 4 is 17.0 Å². The topological polar surface area (TPSA) is 66.4 Å². The molecule has 0 fully saturated rings. The molecular formula is C5H11NO3S. The average Bonchev–Trinajstić information content (AvgIpc) is 1.81. The van der Waals surface area contributed by atoms with Gasteiger partial charge in [-0.2, -0.15) is 0 Å². The van der Waals surface area contributed by atoms with Crippen molar-refractivity contribution in [3.05, 3.63) is 0 Å². The molecule has 0 aliphatic rings. The molecule has 0 amide bonds. The summed E-state index contributed by atoms with van der Waals surface area (Å²) < 4.78 is 12.9. The van der Waals surface area contributed by atoms with Crippen molar-refractivity contribution in [1.82, 2.24) is 4.72 Å². The van der Waals surface area contributed by atoms with Crippen molar-refractivity contribution in [2.24, 2.45) is 0 Å². The van der Waals surface area contributed by atoms with E-state index in [0.29, 0.717) is 6.42 Å². The predicted octanol–water partition coefficient (Wildman–Crippen LogP) is -0.267. The molecule has 2 N–H and O–H groups in total. The van der Waals surface area contributed by atoms with Crippen LogP contribution in [0.5, 0.6) is 0 Å². The van der Waals surface area contributed by atoms with Crippen LogP contribution in [0.15, 0.2) is 0 Å². The third-order valence-electron chi connectivity index (χ3n) is 1.01. The Balaban J connectivity index is 3.83. The van der Waals surface area contributed by atoms with Gasteiger partial charge in [0, 0.05) is 6.26 Å². The van der Waals surface area contributed by atoms with Crippen LogP contribution in [-0.2, 0) is 15.8 Å². The molecule has 0 radical (unpaired) electrons. The number of hydrogen-bond acceptors (Lipinski definition) is 2. The molecule has 5 heteroatoms. The Morgan fingerprint density at radius 3 is 2.40 bits per heavy atom. The summed E-state index contributed by atoms with van der Waals surface area (Å²) in [6.45, 7) is 1.72. The van der Waals surface area contributed by atoms with Gasteiger partial charge in [0.2, 0.25) is 0 Å². The van der Waals surface area contributed by atoms with Gasteiger partial charge in [-0.25, -0.2) is 8.93 Å². The Labute approximate surface area is 62.2 Å². The Bertz CT molecular complexity index is 148. The molecule has 60 valence electrons. The van der Waals surface area contributed by atoms with Crippen molar-refractivity contribution in [3.63, 3.8) is 0 Å². The van der Waals surface area contributed by atoms with Gasteiger partial charge in [-0.05, 0) is 6.42 Å². The van der Waals surface area contributed by atoms with Crippen molar-refractivity contribution in [1.29, 1.82) is 0 Å². The fourth-order valence-corrected chi connectivity index (χ4v) is 1.18. The van der Waals surface area contributed by atoms with Gasteiger partial charge >= 0.3 is 5.97 Å². The summed E-state index contributed by atoms with van der Waals surface area (Å²) >= 11 is 0. The lowest BCUT2D eigenvalue weighted by Crippen LogP contribution is -2.36. The number of nitrogens with one attached hydrogen (secondary N) is 1. The number of carbonyl (C=O) groups is 1. The van der Waals surface area contributed by atoms with Crippen LogP contribution in [0, 0.1) is 0 Å². The highest BCUT2D eigenvalue weighted by atomic mass is 32.2. The Morgan fingerprint density at radius 1 is 1.80 bits per heavy atom. The minimum Gasteiger partial charge on any atom is -0.480 e. The first-order valence-corrected chi connectivity index (χ1v) is 4.46. The minimum absolute atomic E-state index is 0.439. The Morgan fingerprint density at radius 2 is 2.30 bits per heavy atom. The molecule has 2 atom stereocenters. The molecule has 4 nitrogen and oxygen atoms in total. The summed E-state index contributed by atoms with van der Waals surface area (Å²) in [7, 11) is -1.25. The molecule has 10 heavy (non-hydrogen) atoms. The van der Waals surface area contributed by atoms with Crippen LogP contribution in [0.1, 0.15) is 13.3 Å². The van der Waals surface area contributed by atoms with Crippen LogP contribution in [0.3, 0.4) is 0 Å². The zero-order chi connectivity index (χ0) is 8.15. The van der Waals surface area contributed by atoms with Gasteiger partial charge in [0.15, 0.2) is 0 Å². The number of carboxylic acid groups (broad SMARTS) is 1. The number of hydrogen-bond donors (Lipinski definition) is 2. The second-order valence-corrected chi connectivity index (χ2v) is 3.01. The number of carboxylic acids is 1. The molecule has 0 spiro atoms. The maximum Gasteiger partial charge on any atom is 0.321 e. The smallest absolute Gasteiger partial charge is 0.321 e. The standard InChI is InChI=1S/C5H11NO3S/c1-3-4(5(7)8)6-10(2)9/h4,6H,3H2,1-2H3,(H,7,8)/t4-,10?/m1/s1. The Hall–Kier alpha value is -0.420. The summed E-state index contributed by atoms with van der Waals surface area (Å²) in [5, 5.41) is 8.43. The van der Waals surface area contributed by atoms with Gasteiger partial charge in [-0.15, -0.1) is 0 Å². The van der Waals surface area contributed by atoms with Gasteiger partial charge < -0.3 is 5.11 Å². The van der Waals surface area contributed by atoms with Crippen molar-refractivity contribution in [2.45, 2.75) is 19.4 Å². The van der Waals surface area contributed by atoms with Crippen molar-refractivity contribution < 1.29 is 14.1 Å². The van der Waals surface area contributed by atoms with E-state index in [0.717, 1.165) is 0 Å². The zero-order valence-corrected chi connectivity index (χ0v) is 6.77. The minimum atomic E-state index is -1.25. The van der Waals surface area contributed by atoms with Gasteiger partial charge in [-0.3, -0.25) is 4.79 Å². The van der Waals surface area contributed by atoms with Crippen LogP contribution < -0.4 is 4.72 Å². The lowest BCUT2D eigenvalue weighted by Gasteiger charge is -2.07. The predicted molar refractivity (Wildman–Crippen MR) is 38.9 cm³/mol. The molecule has 0 saturated carbocycles. The highest BCUT2D eigenvalue weighted by molar-refractivity contribution is 7.82. The highest BCUT2D eigenvalue weighted by Gasteiger charge is 2.14. The first-order chi connectivity index (χ1) is 4.57. The van der Waals surface area contributed by atoms with E-state index in [9.17, 15) is 9.00 Å². The van der Waals surface area contributed by atoms with Gasteiger partial charge in [0.25, 0.3) is 0 Å². The fourth-order valence-electron chi connectivity index (χ4n) is 0.509. The van der Waals surface area contributed by atoms with Crippen LogP contribution in [0.4, 0.5) is 0 Å². The van der Waals surface area contributed by atoms with E-state index in [2.05, 4.69) is 4.72 Å². The van der Waals surface area contributed by atoms with E-state index < -0.39 is 23.0 Å². The first kappa shape index (κ1) is 9.58. The van der Waals surface area contributed by atoms with E-state index in [1.165, 1.54) is 6.26 Å². The second-order valence-electron chi connectivity index (χ2n) is 1.87. The lowest BCUT2D eigenvalue weighted by molar-refractivity contribution is -0.138. The second kappa shape index (κ2) is 4.40. The van der Waals surface area contributed by atoms with E-state index in [4.69, 9.17) is 5.11 Å². The fraction of sp³-hybridized carbons (Fsp3) is 0.800. The van der Waals surface area contributed by atoms with Gasteiger partial charge in [-0.1, -0.05) is 6.92 Å². The normalized spacial score (nSPS) is 16.2. The summed E-state index contributed by atoms with van der Waals surface area (Å²) in [4.78, 5) is 10.3. The van der Waals surface area contributed by atoms with Crippen LogP contribution >= 0.6 is 0 Å². The van der Waals surface area contributed by atoms with E-state index in [1.54, 1.807) is 6.92 Å². The molecule has 0 aliphatic heterocycles. The molecule has 1 unspecified atom stereocenters. The van der Waals surface area contributed by atoms with Crippen molar-refractivity contribution in [2.75, 3.05) is 6.26 Å². The van der Waals surface area contributed by atoms with Crippen LogP contribution in [0.25, 0.3) is 0 Å².